The predicted octanol–water partition coefficient (Wildman–Crippen LogP) is 4.34. The summed E-state index contributed by atoms with van der Waals surface area (Å²) in [6.07, 6.45) is 1.52. The average molecular weight is 417 g/mol. The van der Waals surface area contributed by atoms with Gasteiger partial charge in [0.25, 0.3) is 0 Å². The second-order valence-electron chi connectivity index (χ2n) is 7.86. The van der Waals surface area contributed by atoms with E-state index in [4.69, 9.17) is 0 Å². The molecule has 1 N–H and O–H groups in total. The van der Waals surface area contributed by atoms with E-state index in [1.165, 1.54) is 4.31 Å². The second-order valence-corrected chi connectivity index (χ2v) is 9.72. The van der Waals surface area contributed by atoms with Crippen molar-refractivity contribution >= 4 is 21.6 Å². The molecule has 0 bridgehead atoms. The van der Waals surface area contributed by atoms with Crippen LogP contribution in [0.1, 0.15) is 54.1 Å². The van der Waals surface area contributed by atoms with Crippen LogP contribution in [-0.4, -0.2) is 26.6 Å². The van der Waals surface area contributed by atoms with Gasteiger partial charge in [-0.2, -0.15) is 0 Å². The molecule has 2 rings (SSSR count). The third kappa shape index (κ3) is 5.38. The molecule has 0 aromatic heterocycles. The van der Waals surface area contributed by atoms with Crippen molar-refractivity contribution in [1.82, 2.24) is 5.32 Å². The van der Waals surface area contributed by atoms with Crippen molar-refractivity contribution in [3.63, 3.8) is 0 Å². The van der Waals surface area contributed by atoms with Gasteiger partial charge in [-0.25, -0.2) is 8.42 Å². The largest absolute Gasteiger partial charge is 0.348 e. The van der Waals surface area contributed by atoms with E-state index in [9.17, 15) is 13.2 Å². The molecule has 0 unspecified atom stereocenters. The van der Waals surface area contributed by atoms with Gasteiger partial charge in [0, 0.05) is 0 Å². The standard InChI is InChI=1S/C23H32N2O3S/c1-8-21(23(26)24-19(6)20-13-15(2)9-11-17(20)4)25(29(7,27)28)22-14-16(3)10-12-18(22)5/h9-14,19,21H,8H2,1-7H3,(H,24,26)/t19-,21-/m1/s1. The molecular formula is C23H32N2O3S. The fourth-order valence-electron chi connectivity index (χ4n) is 3.61. The Labute approximate surface area is 175 Å². The molecule has 0 spiro atoms. The van der Waals surface area contributed by atoms with Gasteiger partial charge < -0.3 is 5.32 Å². The minimum absolute atomic E-state index is 0.225. The summed E-state index contributed by atoms with van der Waals surface area (Å²) in [7, 11) is -3.66. The minimum atomic E-state index is -3.66. The maximum atomic E-state index is 13.2. The third-order valence-electron chi connectivity index (χ3n) is 5.19. The van der Waals surface area contributed by atoms with Crippen LogP contribution in [0.15, 0.2) is 36.4 Å². The molecule has 0 fully saturated rings. The summed E-state index contributed by atoms with van der Waals surface area (Å²) >= 11 is 0. The van der Waals surface area contributed by atoms with E-state index in [0.29, 0.717) is 12.1 Å². The molecule has 2 aromatic carbocycles. The summed E-state index contributed by atoms with van der Waals surface area (Å²) in [5.41, 5.74) is 5.55. The lowest BCUT2D eigenvalue weighted by Crippen LogP contribution is -2.50. The lowest BCUT2D eigenvalue weighted by atomic mass is 9.99. The molecule has 29 heavy (non-hydrogen) atoms. The van der Waals surface area contributed by atoms with Gasteiger partial charge in [0.1, 0.15) is 6.04 Å². The number of hydrogen-bond donors (Lipinski definition) is 1. The molecule has 0 radical (unpaired) electrons. The first-order valence-corrected chi connectivity index (χ1v) is 11.7. The molecule has 158 valence electrons. The highest BCUT2D eigenvalue weighted by Gasteiger charge is 2.33. The zero-order valence-corrected chi connectivity index (χ0v) is 19.2. The van der Waals surface area contributed by atoms with Gasteiger partial charge >= 0.3 is 0 Å². The maximum Gasteiger partial charge on any atom is 0.244 e. The van der Waals surface area contributed by atoms with Crippen molar-refractivity contribution < 1.29 is 13.2 Å². The Bertz CT molecular complexity index is 999. The quantitative estimate of drug-likeness (QED) is 0.730. The average Bonchev–Trinajstić information content (AvgIpc) is 2.62. The molecule has 0 aliphatic carbocycles. The maximum absolute atomic E-state index is 13.2. The lowest BCUT2D eigenvalue weighted by Gasteiger charge is -2.32. The van der Waals surface area contributed by atoms with Crippen LogP contribution in [-0.2, 0) is 14.8 Å². The van der Waals surface area contributed by atoms with E-state index in [-0.39, 0.29) is 11.9 Å². The van der Waals surface area contributed by atoms with E-state index in [1.807, 2.05) is 71.9 Å². The highest BCUT2D eigenvalue weighted by Crippen LogP contribution is 2.28. The first-order chi connectivity index (χ1) is 13.5. The van der Waals surface area contributed by atoms with Gasteiger partial charge in [0.05, 0.1) is 18.0 Å². The number of amides is 1. The number of benzene rings is 2. The fourth-order valence-corrected chi connectivity index (χ4v) is 4.87. The summed E-state index contributed by atoms with van der Waals surface area (Å²) in [6, 6.07) is 10.7. The van der Waals surface area contributed by atoms with E-state index in [0.717, 1.165) is 34.1 Å². The van der Waals surface area contributed by atoms with E-state index in [1.54, 1.807) is 0 Å². The van der Waals surface area contributed by atoms with E-state index < -0.39 is 16.1 Å². The summed E-state index contributed by atoms with van der Waals surface area (Å²) in [5.74, 6) is -0.299. The zero-order valence-electron chi connectivity index (χ0n) is 18.4. The highest BCUT2D eigenvalue weighted by atomic mass is 32.2. The van der Waals surface area contributed by atoms with Crippen molar-refractivity contribution in [1.29, 1.82) is 0 Å². The molecule has 2 aromatic rings. The molecule has 0 saturated carbocycles. The number of sulfonamides is 1. The number of anilines is 1. The SMILES string of the molecule is CC[C@H](C(=O)N[C@H](C)c1cc(C)ccc1C)N(c1cc(C)ccc1C)S(C)(=O)=O. The molecule has 0 saturated heterocycles. The Morgan fingerprint density at radius 3 is 2.10 bits per heavy atom. The Morgan fingerprint density at radius 1 is 1.00 bits per heavy atom. The van der Waals surface area contributed by atoms with Crippen LogP contribution in [0.25, 0.3) is 0 Å². The molecule has 6 heteroatoms. The van der Waals surface area contributed by atoms with Crippen molar-refractivity contribution in [3.05, 3.63) is 64.2 Å². The Kier molecular flexibility index (Phi) is 7.11. The van der Waals surface area contributed by atoms with Gasteiger partial charge in [-0.1, -0.05) is 42.8 Å². The Hall–Kier alpha value is -2.34. The lowest BCUT2D eigenvalue weighted by molar-refractivity contribution is -0.122. The van der Waals surface area contributed by atoms with Crippen LogP contribution in [0, 0.1) is 27.7 Å². The summed E-state index contributed by atoms with van der Waals surface area (Å²) in [6.45, 7) is 11.5. The molecule has 1 amide bonds. The monoisotopic (exact) mass is 416 g/mol. The third-order valence-corrected chi connectivity index (χ3v) is 6.36. The first-order valence-electron chi connectivity index (χ1n) is 9.89. The van der Waals surface area contributed by atoms with Gasteiger partial charge in [-0.15, -0.1) is 0 Å². The summed E-state index contributed by atoms with van der Waals surface area (Å²) in [5, 5.41) is 3.03. The van der Waals surface area contributed by atoms with Gasteiger partial charge in [0.2, 0.25) is 15.9 Å². The van der Waals surface area contributed by atoms with Crippen LogP contribution < -0.4 is 9.62 Å². The number of hydrogen-bond acceptors (Lipinski definition) is 3. The Balaban J connectivity index is 2.41. The topological polar surface area (TPSA) is 66.5 Å². The fraction of sp³-hybridized carbons (Fsp3) is 0.435. The Morgan fingerprint density at radius 2 is 1.55 bits per heavy atom. The van der Waals surface area contributed by atoms with E-state index in [2.05, 4.69) is 11.4 Å². The first kappa shape index (κ1) is 22.9. The second kappa shape index (κ2) is 8.99. The van der Waals surface area contributed by atoms with Crippen molar-refractivity contribution in [2.75, 3.05) is 10.6 Å². The highest BCUT2D eigenvalue weighted by molar-refractivity contribution is 7.92. The van der Waals surface area contributed by atoms with E-state index >= 15 is 0 Å². The van der Waals surface area contributed by atoms with Gasteiger partial charge in [0.15, 0.2) is 0 Å². The number of carbonyl (C=O) groups excluding carboxylic acids is 1. The number of aryl methyl sites for hydroxylation is 4. The van der Waals surface area contributed by atoms with Crippen LogP contribution >= 0.6 is 0 Å². The van der Waals surface area contributed by atoms with Crippen LogP contribution in [0.5, 0.6) is 0 Å². The van der Waals surface area contributed by atoms with Gasteiger partial charge in [-0.05, 0) is 69.4 Å². The van der Waals surface area contributed by atoms with Gasteiger partial charge in [-0.3, -0.25) is 9.10 Å². The number of rotatable bonds is 7. The molecule has 2 atom stereocenters. The summed E-state index contributed by atoms with van der Waals surface area (Å²) < 4.78 is 26.7. The van der Waals surface area contributed by atoms with Crippen LogP contribution in [0.4, 0.5) is 5.69 Å². The molecule has 5 nitrogen and oxygen atoms in total. The van der Waals surface area contributed by atoms with Crippen molar-refractivity contribution in [2.24, 2.45) is 0 Å². The van der Waals surface area contributed by atoms with Crippen LogP contribution in [0.2, 0.25) is 0 Å². The molecule has 0 aliphatic rings. The van der Waals surface area contributed by atoms with Crippen LogP contribution in [0.3, 0.4) is 0 Å². The normalized spacial score (nSPS) is 13.6. The molecule has 0 heterocycles. The smallest absolute Gasteiger partial charge is 0.244 e. The summed E-state index contributed by atoms with van der Waals surface area (Å²) in [4.78, 5) is 13.2. The molecule has 0 aliphatic heterocycles. The van der Waals surface area contributed by atoms with Crippen molar-refractivity contribution in [3.8, 4) is 0 Å². The zero-order chi connectivity index (χ0) is 21.9. The predicted molar refractivity (Wildman–Crippen MR) is 120 cm³/mol. The van der Waals surface area contributed by atoms with Crippen molar-refractivity contribution in [2.45, 2.75) is 60.0 Å². The number of nitrogens with zero attached hydrogens (tertiary/aromatic N) is 1. The minimum Gasteiger partial charge on any atom is -0.348 e. The number of nitrogens with one attached hydrogen (secondary N) is 1. The number of carbonyl (C=O) groups is 1. The molecular weight excluding hydrogens is 384 g/mol.